The molecule has 0 heterocycles. The van der Waals surface area contributed by atoms with Gasteiger partial charge in [0.1, 0.15) is 5.41 Å². The molecule has 0 amide bonds. The molecule has 0 aromatic heterocycles. The summed E-state index contributed by atoms with van der Waals surface area (Å²) in [6, 6.07) is 8.30. The van der Waals surface area contributed by atoms with Crippen molar-refractivity contribution < 1.29 is 44.7 Å². The Kier molecular flexibility index (Phi) is 24.5. The van der Waals surface area contributed by atoms with Crippen molar-refractivity contribution in [2.45, 2.75) is 167 Å². The molecule has 1 aromatic carbocycles. The third kappa shape index (κ3) is 17.7. The van der Waals surface area contributed by atoms with Gasteiger partial charge in [0.2, 0.25) is 0 Å². The first-order valence-electron chi connectivity index (χ1n) is 17.7. The molecule has 0 aliphatic heterocycles. The molecule has 1 aromatic rings. The van der Waals surface area contributed by atoms with Crippen LogP contribution < -0.4 is 0 Å². The van der Waals surface area contributed by atoms with Gasteiger partial charge in [-0.1, -0.05) is 160 Å². The lowest BCUT2D eigenvalue weighted by molar-refractivity contribution is -0.196. The van der Waals surface area contributed by atoms with Crippen LogP contribution in [-0.4, -0.2) is 55.0 Å². The van der Waals surface area contributed by atoms with Crippen LogP contribution in [0.25, 0.3) is 0 Å². The van der Waals surface area contributed by atoms with Crippen LogP contribution in [0.2, 0.25) is 0 Å². The molecule has 0 radical (unpaired) electrons. The van der Waals surface area contributed by atoms with Crippen LogP contribution in [0.3, 0.4) is 0 Å². The summed E-state index contributed by atoms with van der Waals surface area (Å²) < 4.78 is 0. The second kappa shape index (κ2) is 26.2. The normalized spacial score (nSPS) is 12.5. The Bertz CT molecular complexity index is 939. The van der Waals surface area contributed by atoms with Gasteiger partial charge in [0, 0.05) is 0 Å². The van der Waals surface area contributed by atoms with E-state index in [1.165, 1.54) is 64.2 Å². The highest BCUT2D eigenvalue weighted by atomic mass is 16.4. The molecule has 264 valence electrons. The van der Waals surface area contributed by atoms with E-state index in [1.54, 1.807) is 30.3 Å². The lowest BCUT2D eigenvalue weighted by Crippen LogP contribution is -2.59. The summed E-state index contributed by atoms with van der Waals surface area (Å²) in [5.74, 6) is -5.57. The van der Waals surface area contributed by atoms with Crippen molar-refractivity contribution >= 4 is 23.9 Å². The molecule has 1 rings (SSSR count). The van der Waals surface area contributed by atoms with E-state index in [1.807, 2.05) is 0 Å². The Morgan fingerprint density at radius 3 is 1.13 bits per heavy atom. The van der Waals surface area contributed by atoms with Crippen LogP contribution in [0, 0.1) is 5.41 Å². The monoisotopic (exact) mass is 650 g/mol. The van der Waals surface area contributed by atoms with Gasteiger partial charge >= 0.3 is 23.9 Å². The van der Waals surface area contributed by atoms with Gasteiger partial charge in [-0.05, 0) is 25.0 Å². The lowest BCUT2D eigenvalue weighted by Gasteiger charge is -2.41. The topological polar surface area (TPSA) is 169 Å². The molecular weight excluding hydrogens is 588 g/mol. The lowest BCUT2D eigenvalue weighted by atomic mass is 9.64. The molecule has 1 atom stereocenters. The Morgan fingerprint density at radius 1 is 0.522 bits per heavy atom. The highest BCUT2D eigenvalue weighted by Gasteiger charge is 2.61. The summed E-state index contributed by atoms with van der Waals surface area (Å²) in [6.45, 7) is 4.38. The summed E-state index contributed by atoms with van der Waals surface area (Å²) in [5, 5.41) is 48.8. The first kappa shape index (κ1) is 43.1. The molecule has 0 spiro atoms. The maximum Gasteiger partial charge on any atom is 0.337 e. The summed E-state index contributed by atoms with van der Waals surface area (Å²) >= 11 is 0. The van der Waals surface area contributed by atoms with Gasteiger partial charge in [0.05, 0.1) is 12.0 Å². The van der Waals surface area contributed by atoms with Crippen molar-refractivity contribution in [1.82, 2.24) is 0 Å². The van der Waals surface area contributed by atoms with Crippen LogP contribution in [-0.2, 0) is 14.4 Å². The molecule has 5 N–H and O–H groups in total. The quantitative estimate of drug-likeness (QED) is 0.0554. The van der Waals surface area contributed by atoms with E-state index in [-0.39, 0.29) is 12.8 Å². The van der Waals surface area contributed by atoms with E-state index >= 15 is 0 Å². The average molecular weight is 651 g/mol. The number of hydrogen-bond acceptors (Lipinski definition) is 5. The highest BCUT2D eigenvalue weighted by molar-refractivity contribution is 5.92. The van der Waals surface area contributed by atoms with Crippen LogP contribution in [0.1, 0.15) is 172 Å². The third-order valence-electron chi connectivity index (χ3n) is 8.90. The van der Waals surface area contributed by atoms with Crippen molar-refractivity contribution in [3.8, 4) is 0 Å². The predicted molar refractivity (Wildman–Crippen MR) is 181 cm³/mol. The number of hydrogen-bond donors (Lipinski definition) is 5. The zero-order valence-electron chi connectivity index (χ0n) is 28.5. The fourth-order valence-corrected chi connectivity index (χ4v) is 6.01. The standard InChI is InChI=1S/C30H56O7.C7H6O2/c1-3-5-7-9-11-13-15-17-19-21-23-29(27(33)34,30(37,28(35)36)25-26(31)32)24-22-20-18-16-14-12-10-8-6-4-2;8-7(9)6-4-2-1-3-5-6/h37H,3-25H2,1-2H3,(H,31,32)(H,33,34)(H,35,36);1-5H,(H,8,9). The van der Waals surface area contributed by atoms with Gasteiger partial charge in [-0.3, -0.25) is 9.59 Å². The number of aromatic carboxylic acids is 1. The molecule has 0 aliphatic carbocycles. The molecule has 0 aliphatic rings. The van der Waals surface area contributed by atoms with E-state index in [0.29, 0.717) is 18.4 Å². The third-order valence-corrected chi connectivity index (χ3v) is 8.90. The van der Waals surface area contributed by atoms with E-state index < -0.39 is 41.3 Å². The number of carbonyl (C=O) groups is 4. The summed E-state index contributed by atoms with van der Waals surface area (Å²) in [5.41, 5.74) is -4.53. The molecule has 9 nitrogen and oxygen atoms in total. The van der Waals surface area contributed by atoms with E-state index in [0.717, 1.165) is 51.4 Å². The Hall–Kier alpha value is -2.94. The Balaban J connectivity index is 0.00000191. The van der Waals surface area contributed by atoms with Crippen molar-refractivity contribution in [2.24, 2.45) is 5.41 Å². The molecule has 0 bridgehead atoms. The fourth-order valence-electron chi connectivity index (χ4n) is 6.01. The Labute approximate surface area is 276 Å². The van der Waals surface area contributed by atoms with E-state index in [9.17, 15) is 39.6 Å². The second-order valence-corrected chi connectivity index (χ2v) is 12.7. The molecule has 0 saturated heterocycles. The number of aliphatic hydroxyl groups is 1. The van der Waals surface area contributed by atoms with Gasteiger partial charge in [0.15, 0.2) is 5.60 Å². The summed E-state index contributed by atoms with van der Waals surface area (Å²) in [7, 11) is 0. The van der Waals surface area contributed by atoms with Crippen molar-refractivity contribution in [3.05, 3.63) is 35.9 Å². The zero-order chi connectivity index (χ0) is 34.7. The van der Waals surface area contributed by atoms with E-state index in [2.05, 4.69) is 13.8 Å². The minimum Gasteiger partial charge on any atom is -0.481 e. The number of aliphatic carboxylic acids is 3. The Morgan fingerprint density at radius 2 is 0.870 bits per heavy atom. The first-order chi connectivity index (χ1) is 22.0. The number of carboxylic acid groups (broad SMARTS) is 4. The highest BCUT2D eigenvalue weighted by Crippen LogP contribution is 2.45. The van der Waals surface area contributed by atoms with Crippen LogP contribution in [0.15, 0.2) is 30.3 Å². The molecule has 0 fully saturated rings. The van der Waals surface area contributed by atoms with Gasteiger partial charge in [-0.2, -0.15) is 0 Å². The van der Waals surface area contributed by atoms with E-state index in [4.69, 9.17) is 5.11 Å². The van der Waals surface area contributed by atoms with Gasteiger partial charge < -0.3 is 25.5 Å². The second-order valence-electron chi connectivity index (χ2n) is 12.7. The summed E-state index contributed by atoms with van der Waals surface area (Å²) in [4.78, 5) is 46.3. The van der Waals surface area contributed by atoms with Gasteiger partial charge in [-0.25, -0.2) is 9.59 Å². The van der Waals surface area contributed by atoms with Gasteiger partial charge in [0.25, 0.3) is 0 Å². The first-order valence-corrected chi connectivity index (χ1v) is 17.7. The number of rotatable bonds is 28. The number of carboxylic acids is 4. The van der Waals surface area contributed by atoms with Crippen LogP contribution in [0.4, 0.5) is 0 Å². The van der Waals surface area contributed by atoms with Crippen molar-refractivity contribution in [2.75, 3.05) is 0 Å². The molecule has 9 heteroatoms. The van der Waals surface area contributed by atoms with Crippen LogP contribution >= 0.6 is 0 Å². The predicted octanol–water partition coefficient (Wildman–Crippen LogP) is 9.35. The molecule has 46 heavy (non-hydrogen) atoms. The summed E-state index contributed by atoms with van der Waals surface area (Å²) in [6.07, 6.45) is 19.7. The average Bonchev–Trinajstić information content (AvgIpc) is 3.01. The van der Waals surface area contributed by atoms with Crippen molar-refractivity contribution in [3.63, 3.8) is 0 Å². The SMILES string of the molecule is CCCCCCCCCCCCC(CCCCCCCCCCCC)(C(=O)O)C(O)(CC(=O)O)C(=O)O.O=C(O)c1ccccc1. The fraction of sp³-hybridized carbons (Fsp3) is 0.730. The maximum atomic E-state index is 12.5. The number of unbranched alkanes of at least 4 members (excludes halogenated alkanes) is 18. The number of benzene rings is 1. The zero-order valence-corrected chi connectivity index (χ0v) is 28.5. The minimum atomic E-state index is -2.84. The molecule has 1 unspecified atom stereocenters. The van der Waals surface area contributed by atoms with Gasteiger partial charge in [-0.15, -0.1) is 0 Å². The molecular formula is C37H62O9. The largest absolute Gasteiger partial charge is 0.481 e. The minimum absolute atomic E-state index is 0.0354. The van der Waals surface area contributed by atoms with Crippen molar-refractivity contribution in [1.29, 1.82) is 0 Å². The van der Waals surface area contributed by atoms with Crippen LogP contribution in [0.5, 0.6) is 0 Å². The molecule has 0 saturated carbocycles. The maximum absolute atomic E-state index is 12.5. The smallest absolute Gasteiger partial charge is 0.337 e.